The highest BCUT2D eigenvalue weighted by molar-refractivity contribution is 7.99. The zero-order valence-electron chi connectivity index (χ0n) is 8.89. The first-order valence-electron chi connectivity index (χ1n) is 4.78. The Balaban J connectivity index is 0.00000144. The molecule has 0 aliphatic carbocycles. The van der Waals surface area contributed by atoms with Crippen molar-refractivity contribution >= 4 is 29.9 Å². The molecule has 90 valence electrons. The van der Waals surface area contributed by atoms with Gasteiger partial charge < -0.3 is 5.43 Å². The molecular formula is C12H12ClFN2S. The molecule has 17 heavy (non-hydrogen) atoms. The minimum Gasteiger partial charge on any atom is -0.323 e. The summed E-state index contributed by atoms with van der Waals surface area (Å²) in [7, 11) is 0. The van der Waals surface area contributed by atoms with Crippen molar-refractivity contribution in [3.05, 3.63) is 54.3 Å². The van der Waals surface area contributed by atoms with Crippen LogP contribution in [0.25, 0.3) is 0 Å². The van der Waals surface area contributed by atoms with E-state index in [1.807, 2.05) is 24.3 Å². The van der Waals surface area contributed by atoms with Crippen LogP contribution >= 0.6 is 24.2 Å². The van der Waals surface area contributed by atoms with Crippen LogP contribution in [0.3, 0.4) is 0 Å². The Bertz CT molecular complexity index is 476. The van der Waals surface area contributed by atoms with Gasteiger partial charge in [0.15, 0.2) is 0 Å². The second kappa shape index (κ2) is 6.49. The molecule has 0 aliphatic rings. The first kappa shape index (κ1) is 13.8. The summed E-state index contributed by atoms with van der Waals surface area (Å²) in [5.74, 6) is 5.18. The van der Waals surface area contributed by atoms with Gasteiger partial charge in [-0.05, 0) is 36.4 Å². The third-order valence-corrected chi connectivity index (χ3v) is 3.17. The highest BCUT2D eigenvalue weighted by atomic mass is 35.5. The molecule has 0 aliphatic heterocycles. The van der Waals surface area contributed by atoms with Crippen LogP contribution in [-0.2, 0) is 0 Å². The summed E-state index contributed by atoms with van der Waals surface area (Å²) in [6, 6.07) is 14.1. The summed E-state index contributed by atoms with van der Waals surface area (Å²) in [4.78, 5) is 1.99. The number of para-hydroxylation sites is 1. The predicted molar refractivity (Wildman–Crippen MR) is 72.0 cm³/mol. The smallest absolute Gasteiger partial charge is 0.123 e. The van der Waals surface area contributed by atoms with Gasteiger partial charge in [0.25, 0.3) is 0 Å². The van der Waals surface area contributed by atoms with Gasteiger partial charge in [-0.1, -0.05) is 23.9 Å². The molecule has 0 aromatic heterocycles. The standard InChI is InChI=1S/C12H11FN2S.ClH/c13-9-5-7-10(8-6-9)16-12-4-2-1-3-11(12)15-14;/h1-8,15H,14H2;1H. The number of nitrogen functional groups attached to an aromatic ring is 1. The van der Waals surface area contributed by atoms with E-state index in [0.29, 0.717) is 0 Å². The molecule has 0 bridgehead atoms. The molecule has 2 nitrogen and oxygen atoms in total. The highest BCUT2D eigenvalue weighted by Crippen LogP contribution is 2.32. The van der Waals surface area contributed by atoms with Gasteiger partial charge in [0.1, 0.15) is 5.82 Å². The molecule has 0 unspecified atom stereocenters. The number of rotatable bonds is 3. The van der Waals surface area contributed by atoms with Crippen LogP contribution in [0.5, 0.6) is 0 Å². The van der Waals surface area contributed by atoms with Crippen LogP contribution in [-0.4, -0.2) is 0 Å². The highest BCUT2D eigenvalue weighted by Gasteiger charge is 2.02. The van der Waals surface area contributed by atoms with Gasteiger partial charge in [-0.25, -0.2) is 4.39 Å². The van der Waals surface area contributed by atoms with Gasteiger partial charge in [0.2, 0.25) is 0 Å². The van der Waals surface area contributed by atoms with E-state index in [1.54, 1.807) is 12.1 Å². The van der Waals surface area contributed by atoms with Crippen LogP contribution in [0.15, 0.2) is 58.3 Å². The lowest BCUT2D eigenvalue weighted by atomic mass is 10.3. The third kappa shape index (κ3) is 3.63. The number of hydrogen-bond acceptors (Lipinski definition) is 3. The monoisotopic (exact) mass is 270 g/mol. The first-order valence-corrected chi connectivity index (χ1v) is 5.60. The maximum Gasteiger partial charge on any atom is 0.123 e. The molecule has 0 saturated heterocycles. The van der Waals surface area contributed by atoms with Crippen molar-refractivity contribution < 1.29 is 4.39 Å². The van der Waals surface area contributed by atoms with Crippen LogP contribution in [0.2, 0.25) is 0 Å². The molecule has 0 radical (unpaired) electrons. The van der Waals surface area contributed by atoms with Crippen molar-refractivity contribution in [1.29, 1.82) is 0 Å². The molecule has 2 rings (SSSR count). The second-order valence-electron chi connectivity index (χ2n) is 3.20. The van der Waals surface area contributed by atoms with Gasteiger partial charge in [0.05, 0.1) is 5.69 Å². The van der Waals surface area contributed by atoms with Crippen molar-refractivity contribution in [2.75, 3.05) is 5.43 Å². The molecule has 3 N–H and O–H groups in total. The second-order valence-corrected chi connectivity index (χ2v) is 4.31. The maximum atomic E-state index is 12.7. The van der Waals surface area contributed by atoms with E-state index < -0.39 is 0 Å². The number of nitrogens with one attached hydrogen (secondary N) is 1. The lowest BCUT2D eigenvalue weighted by Crippen LogP contribution is -2.07. The van der Waals surface area contributed by atoms with Crippen LogP contribution in [0.4, 0.5) is 10.1 Å². The molecule has 2 aromatic rings. The number of anilines is 1. The van der Waals surface area contributed by atoms with Gasteiger partial charge in [-0.2, -0.15) is 0 Å². The van der Waals surface area contributed by atoms with Crippen LogP contribution in [0, 0.1) is 5.82 Å². The third-order valence-electron chi connectivity index (χ3n) is 2.08. The van der Waals surface area contributed by atoms with E-state index in [1.165, 1.54) is 23.9 Å². The topological polar surface area (TPSA) is 38.0 Å². The average Bonchev–Trinajstić information content (AvgIpc) is 2.33. The normalized spacial score (nSPS) is 9.53. The molecule has 0 amide bonds. The molecule has 5 heteroatoms. The summed E-state index contributed by atoms with van der Waals surface area (Å²) in [6.07, 6.45) is 0. The molecular weight excluding hydrogens is 259 g/mol. The van der Waals surface area contributed by atoms with E-state index in [-0.39, 0.29) is 18.2 Å². The summed E-state index contributed by atoms with van der Waals surface area (Å²) >= 11 is 1.54. The van der Waals surface area contributed by atoms with Gasteiger partial charge in [0, 0.05) is 9.79 Å². The van der Waals surface area contributed by atoms with E-state index in [4.69, 9.17) is 5.84 Å². The number of benzene rings is 2. The number of halogens is 2. The summed E-state index contributed by atoms with van der Waals surface area (Å²) in [5, 5.41) is 0. The first-order chi connectivity index (χ1) is 7.79. The Kier molecular flexibility index (Phi) is 5.28. The van der Waals surface area contributed by atoms with Crippen molar-refractivity contribution in [1.82, 2.24) is 0 Å². The molecule has 0 spiro atoms. The zero-order chi connectivity index (χ0) is 11.4. The Morgan fingerprint density at radius 1 is 1.00 bits per heavy atom. The zero-order valence-corrected chi connectivity index (χ0v) is 10.5. The largest absolute Gasteiger partial charge is 0.323 e. The molecule has 0 saturated carbocycles. The SMILES string of the molecule is Cl.NNc1ccccc1Sc1ccc(F)cc1. The van der Waals surface area contributed by atoms with Crippen LogP contribution < -0.4 is 11.3 Å². The number of nitrogens with two attached hydrogens (primary N) is 1. The molecule has 0 fully saturated rings. The Hall–Kier alpha value is -1.23. The van der Waals surface area contributed by atoms with Crippen molar-refractivity contribution in [3.63, 3.8) is 0 Å². The van der Waals surface area contributed by atoms with E-state index >= 15 is 0 Å². The molecule has 2 aromatic carbocycles. The van der Waals surface area contributed by atoms with Gasteiger partial charge in [-0.3, -0.25) is 5.84 Å². The van der Waals surface area contributed by atoms with Crippen molar-refractivity contribution in [3.8, 4) is 0 Å². The number of hydrogen-bond donors (Lipinski definition) is 2. The lowest BCUT2D eigenvalue weighted by Gasteiger charge is -2.07. The average molecular weight is 271 g/mol. The van der Waals surface area contributed by atoms with E-state index in [0.717, 1.165) is 15.5 Å². The van der Waals surface area contributed by atoms with Crippen LogP contribution in [0.1, 0.15) is 0 Å². The fourth-order valence-corrected chi connectivity index (χ4v) is 2.21. The Morgan fingerprint density at radius 2 is 1.65 bits per heavy atom. The van der Waals surface area contributed by atoms with E-state index in [2.05, 4.69) is 5.43 Å². The minimum absolute atomic E-state index is 0. The quantitative estimate of drug-likeness (QED) is 0.660. The van der Waals surface area contributed by atoms with Crippen molar-refractivity contribution in [2.24, 2.45) is 5.84 Å². The minimum atomic E-state index is -0.227. The number of hydrazine groups is 1. The van der Waals surface area contributed by atoms with Gasteiger partial charge >= 0.3 is 0 Å². The lowest BCUT2D eigenvalue weighted by molar-refractivity contribution is 0.626. The van der Waals surface area contributed by atoms with Crippen molar-refractivity contribution in [2.45, 2.75) is 9.79 Å². The summed E-state index contributed by atoms with van der Waals surface area (Å²) in [5.41, 5.74) is 3.49. The maximum absolute atomic E-state index is 12.7. The van der Waals surface area contributed by atoms with E-state index in [9.17, 15) is 4.39 Å². The fraction of sp³-hybridized carbons (Fsp3) is 0. The fourth-order valence-electron chi connectivity index (χ4n) is 1.30. The Labute approximate surface area is 110 Å². The Morgan fingerprint density at radius 3 is 2.29 bits per heavy atom. The molecule has 0 heterocycles. The summed E-state index contributed by atoms with van der Waals surface area (Å²) < 4.78 is 12.7. The molecule has 0 atom stereocenters. The van der Waals surface area contributed by atoms with Gasteiger partial charge in [-0.15, -0.1) is 12.4 Å². The summed E-state index contributed by atoms with van der Waals surface area (Å²) in [6.45, 7) is 0. The predicted octanol–water partition coefficient (Wildman–Crippen LogP) is 3.68.